The Kier molecular flexibility index (Phi) is 4.81. The molecule has 0 saturated carbocycles. The maximum atomic E-state index is 13.4. The van der Waals surface area contributed by atoms with Crippen LogP contribution in [0.5, 0.6) is 0 Å². The number of urea groups is 1. The Balaban J connectivity index is 1.83. The van der Waals surface area contributed by atoms with E-state index < -0.39 is 5.82 Å². The van der Waals surface area contributed by atoms with Crippen LogP contribution in [0, 0.1) is 12.7 Å². The maximum Gasteiger partial charge on any atom is 0.322 e. The molecule has 1 unspecified atom stereocenters. The summed E-state index contributed by atoms with van der Waals surface area (Å²) in [5.41, 5.74) is 3.60. The number of aliphatic hydroxyl groups is 1. The van der Waals surface area contributed by atoms with Crippen LogP contribution in [0.4, 0.5) is 14.9 Å². The van der Waals surface area contributed by atoms with E-state index >= 15 is 0 Å². The quantitative estimate of drug-likeness (QED) is 0.900. The number of halogens is 1. The van der Waals surface area contributed by atoms with E-state index in [1.807, 2.05) is 25.1 Å². The van der Waals surface area contributed by atoms with E-state index in [0.29, 0.717) is 5.69 Å². The zero-order valence-electron chi connectivity index (χ0n) is 13.6. The predicted molar refractivity (Wildman–Crippen MR) is 91.5 cm³/mol. The van der Waals surface area contributed by atoms with Gasteiger partial charge in [0.1, 0.15) is 5.82 Å². The molecule has 0 saturated heterocycles. The lowest BCUT2D eigenvalue weighted by Gasteiger charge is -2.29. The van der Waals surface area contributed by atoms with E-state index in [0.717, 1.165) is 24.0 Å². The number of carbonyl (C=O) groups excluding carboxylic acids is 1. The van der Waals surface area contributed by atoms with Gasteiger partial charge in [-0.1, -0.05) is 30.3 Å². The molecule has 0 bridgehead atoms. The van der Waals surface area contributed by atoms with Crippen LogP contribution in [-0.2, 0) is 6.42 Å². The number of aliphatic hydroxyl groups excluding tert-OH is 1. The van der Waals surface area contributed by atoms with Crippen molar-refractivity contribution in [2.75, 3.05) is 18.5 Å². The van der Waals surface area contributed by atoms with Crippen molar-refractivity contribution in [2.24, 2.45) is 0 Å². The average molecular weight is 328 g/mol. The minimum absolute atomic E-state index is 0.0674. The summed E-state index contributed by atoms with van der Waals surface area (Å²) in [6.07, 6.45) is 1.74. The number of carbonyl (C=O) groups is 1. The molecule has 5 heteroatoms. The fraction of sp³-hybridized carbons (Fsp3) is 0.316. The lowest BCUT2D eigenvalue weighted by molar-refractivity contribution is 0.162. The van der Waals surface area contributed by atoms with Crippen LogP contribution in [0.25, 0.3) is 0 Å². The molecule has 126 valence electrons. The first-order valence-electron chi connectivity index (χ1n) is 8.12. The number of amides is 2. The number of anilines is 1. The lowest BCUT2D eigenvalue weighted by atomic mass is 10.1. The average Bonchev–Trinajstić information content (AvgIpc) is 2.99. The van der Waals surface area contributed by atoms with Gasteiger partial charge < -0.3 is 15.3 Å². The molecule has 24 heavy (non-hydrogen) atoms. The number of aryl methyl sites for hydroxylation is 2. The SMILES string of the molecule is Cc1ccc(F)cc1NC(=O)N(CCO)C1CCc2ccccc21. The standard InChI is InChI=1S/C19H21FN2O2/c1-13-6-8-15(20)12-17(13)21-19(24)22(10-11-23)18-9-7-14-4-2-3-5-16(14)18/h2-6,8,12,18,23H,7,9-11H2,1H3,(H,21,24). The second-order valence-corrected chi connectivity index (χ2v) is 6.06. The van der Waals surface area contributed by atoms with Crippen LogP contribution in [-0.4, -0.2) is 29.2 Å². The van der Waals surface area contributed by atoms with Gasteiger partial charge in [-0.15, -0.1) is 0 Å². The van der Waals surface area contributed by atoms with Gasteiger partial charge in [0.2, 0.25) is 0 Å². The summed E-state index contributed by atoms with van der Waals surface area (Å²) < 4.78 is 13.4. The van der Waals surface area contributed by atoms with Gasteiger partial charge in [-0.3, -0.25) is 0 Å². The highest BCUT2D eigenvalue weighted by Gasteiger charge is 2.30. The molecule has 4 nitrogen and oxygen atoms in total. The van der Waals surface area contributed by atoms with Crippen LogP contribution in [0.15, 0.2) is 42.5 Å². The van der Waals surface area contributed by atoms with Crippen molar-refractivity contribution in [1.29, 1.82) is 0 Å². The Morgan fingerprint density at radius 3 is 2.92 bits per heavy atom. The Bertz CT molecular complexity index is 748. The third kappa shape index (κ3) is 3.26. The van der Waals surface area contributed by atoms with Gasteiger partial charge in [-0.25, -0.2) is 9.18 Å². The van der Waals surface area contributed by atoms with Crippen LogP contribution < -0.4 is 5.32 Å². The third-order valence-electron chi connectivity index (χ3n) is 4.52. The van der Waals surface area contributed by atoms with Gasteiger partial charge in [0.05, 0.1) is 12.6 Å². The summed E-state index contributed by atoms with van der Waals surface area (Å²) in [5.74, 6) is -0.393. The highest BCUT2D eigenvalue weighted by molar-refractivity contribution is 5.90. The summed E-state index contributed by atoms with van der Waals surface area (Å²) in [6.45, 7) is 1.93. The van der Waals surface area contributed by atoms with Crippen molar-refractivity contribution < 1.29 is 14.3 Å². The molecule has 2 amide bonds. The fourth-order valence-corrected chi connectivity index (χ4v) is 3.28. The molecule has 0 aliphatic heterocycles. The zero-order valence-corrected chi connectivity index (χ0v) is 13.6. The molecule has 0 heterocycles. The van der Waals surface area contributed by atoms with Gasteiger partial charge in [-0.05, 0) is 48.6 Å². The maximum absolute atomic E-state index is 13.4. The second-order valence-electron chi connectivity index (χ2n) is 6.06. The third-order valence-corrected chi connectivity index (χ3v) is 4.52. The van der Waals surface area contributed by atoms with Crippen molar-refractivity contribution in [3.63, 3.8) is 0 Å². The van der Waals surface area contributed by atoms with E-state index in [9.17, 15) is 14.3 Å². The largest absolute Gasteiger partial charge is 0.395 e. The molecule has 2 aromatic rings. The molecular formula is C19H21FN2O2. The second kappa shape index (κ2) is 7.01. The Labute approximate surface area is 140 Å². The van der Waals surface area contributed by atoms with Gasteiger partial charge in [0.15, 0.2) is 0 Å². The van der Waals surface area contributed by atoms with Crippen LogP contribution in [0.1, 0.15) is 29.2 Å². The Hall–Kier alpha value is -2.40. The number of hydrogen-bond acceptors (Lipinski definition) is 2. The first-order valence-corrected chi connectivity index (χ1v) is 8.12. The number of nitrogens with one attached hydrogen (secondary N) is 1. The minimum atomic E-state index is -0.393. The zero-order chi connectivity index (χ0) is 17.1. The molecule has 1 aliphatic carbocycles. The topological polar surface area (TPSA) is 52.6 Å². The van der Waals surface area contributed by atoms with Gasteiger partial charge >= 0.3 is 6.03 Å². The summed E-state index contributed by atoms with van der Waals surface area (Å²) in [4.78, 5) is 14.4. The molecule has 3 rings (SSSR count). The molecule has 2 N–H and O–H groups in total. The highest BCUT2D eigenvalue weighted by Crippen LogP contribution is 2.35. The van der Waals surface area contributed by atoms with Gasteiger partial charge in [-0.2, -0.15) is 0 Å². The number of nitrogens with zero attached hydrogens (tertiary/aromatic N) is 1. The van der Waals surface area contributed by atoms with E-state index in [2.05, 4.69) is 11.4 Å². The van der Waals surface area contributed by atoms with Gasteiger partial charge in [0.25, 0.3) is 0 Å². The van der Waals surface area contributed by atoms with Crippen molar-refractivity contribution in [3.05, 3.63) is 65.0 Å². The Morgan fingerprint density at radius 2 is 2.12 bits per heavy atom. The smallest absolute Gasteiger partial charge is 0.322 e. The highest BCUT2D eigenvalue weighted by atomic mass is 19.1. The van der Waals surface area contributed by atoms with E-state index in [-0.39, 0.29) is 25.2 Å². The van der Waals surface area contributed by atoms with Crippen molar-refractivity contribution >= 4 is 11.7 Å². The minimum Gasteiger partial charge on any atom is -0.395 e. The molecule has 1 atom stereocenters. The first-order chi connectivity index (χ1) is 11.6. The molecule has 1 aliphatic rings. The first kappa shape index (κ1) is 16.5. The monoisotopic (exact) mass is 328 g/mol. The molecule has 0 aromatic heterocycles. The molecule has 2 aromatic carbocycles. The Morgan fingerprint density at radius 1 is 1.33 bits per heavy atom. The summed E-state index contributed by atoms with van der Waals surface area (Å²) in [5, 5.41) is 12.2. The lowest BCUT2D eigenvalue weighted by Crippen LogP contribution is -2.39. The van der Waals surface area contributed by atoms with E-state index in [1.54, 1.807) is 11.0 Å². The summed E-state index contributed by atoms with van der Waals surface area (Å²) >= 11 is 0. The number of hydrogen-bond donors (Lipinski definition) is 2. The van der Waals surface area contributed by atoms with Crippen molar-refractivity contribution in [2.45, 2.75) is 25.8 Å². The molecule has 0 spiro atoms. The molecular weight excluding hydrogens is 307 g/mol. The number of fused-ring (bicyclic) bond motifs is 1. The molecule has 0 radical (unpaired) electrons. The van der Waals surface area contributed by atoms with Crippen molar-refractivity contribution in [3.8, 4) is 0 Å². The number of rotatable bonds is 4. The van der Waals surface area contributed by atoms with Crippen LogP contribution in [0.3, 0.4) is 0 Å². The van der Waals surface area contributed by atoms with Crippen LogP contribution >= 0.6 is 0 Å². The fourth-order valence-electron chi connectivity index (χ4n) is 3.28. The van der Waals surface area contributed by atoms with Crippen molar-refractivity contribution in [1.82, 2.24) is 4.90 Å². The van der Waals surface area contributed by atoms with Gasteiger partial charge in [0, 0.05) is 12.2 Å². The summed E-state index contributed by atoms with van der Waals surface area (Å²) in [6, 6.07) is 12.0. The van der Waals surface area contributed by atoms with E-state index in [1.165, 1.54) is 17.7 Å². The summed E-state index contributed by atoms with van der Waals surface area (Å²) in [7, 11) is 0. The van der Waals surface area contributed by atoms with Crippen LogP contribution in [0.2, 0.25) is 0 Å². The molecule has 0 fully saturated rings. The normalized spacial score (nSPS) is 15.9. The predicted octanol–water partition coefficient (Wildman–Crippen LogP) is 3.65. The van der Waals surface area contributed by atoms with E-state index in [4.69, 9.17) is 0 Å². The number of benzene rings is 2.